The van der Waals surface area contributed by atoms with Crippen LogP contribution < -0.4 is 10.1 Å². The molecule has 2 aliphatic heterocycles. The molecule has 1 saturated heterocycles. The Morgan fingerprint density at radius 3 is 2.93 bits per heavy atom. The molecule has 0 amide bonds. The molecule has 4 heteroatoms. The summed E-state index contributed by atoms with van der Waals surface area (Å²) in [5.74, 6) is 1.43. The van der Waals surface area contributed by atoms with E-state index < -0.39 is 0 Å². The summed E-state index contributed by atoms with van der Waals surface area (Å²) in [6.45, 7) is 1.79. The normalized spacial score (nSPS) is 28.1. The summed E-state index contributed by atoms with van der Waals surface area (Å²) in [5, 5.41) is 4.62. The molecular weight excluding hydrogens is 233 g/mol. The minimum absolute atomic E-state index is 0.440. The van der Waals surface area contributed by atoms with Gasteiger partial charge in [-0.25, -0.2) is 0 Å². The quantitative estimate of drug-likeness (QED) is 0.757. The number of nitrogens with one attached hydrogen (secondary N) is 1. The molecule has 0 spiro atoms. The van der Waals surface area contributed by atoms with Crippen LogP contribution in [0, 0.1) is 0 Å². The van der Waals surface area contributed by atoms with E-state index >= 15 is 0 Å². The Morgan fingerprint density at radius 2 is 2.07 bits per heavy atom. The van der Waals surface area contributed by atoms with Crippen LogP contribution in [0.3, 0.4) is 0 Å². The molecule has 0 radical (unpaired) electrons. The highest BCUT2D eigenvalue weighted by Crippen LogP contribution is 2.41. The second kappa shape index (κ2) is 3.55. The average molecular weight is 244 g/mol. The summed E-state index contributed by atoms with van der Waals surface area (Å²) in [6, 6.07) is 4.21. The second-order valence-electron chi connectivity index (χ2n) is 4.07. The van der Waals surface area contributed by atoms with Gasteiger partial charge in [-0.15, -0.1) is 0 Å². The van der Waals surface area contributed by atoms with Crippen molar-refractivity contribution >= 4 is 23.2 Å². The molecule has 1 aromatic rings. The number of hydrogen-bond donors (Lipinski definition) is 1. The van der Waals surface area contributed by atoms with E-state index in [1.165, 1.54) is 5.56 Å². The Balaban J connectivity index is 2.09. The van der Waals surface area contributed by atoms with E-state index in [2.05, 4.69) is 5.32 Å². The molecule has 0 bridgehead atoms. The van der Waals surface area contributed by atoms with Crippen LogP contribution >= 0.6 is 23.2 Å². The predicted molar refractivity (Wildman–Crippen MR) is 61.1 cm³/mol. The van der Waals surface area contributed by atoms with Crippen LogP contribution in [0.4, 0.5) is 0 Å². The Kier molecular flexibility index (Phi) is 2.31. The number of hydrogen-bond acceptors (Lipinski definition) is 2. The van der Waals surface area contributed by atoms with Crippen LogP contribution in [-0.2, 0) is 0 Å². The van der Waals surface area contributed by atoms with Crippen molar-refractivity contribution in [1.29, 1.82) is 0 Å². The number of halogens is 2. The Labute approximate surface area is 98.5 Å². The fourth-order valence-electron chi connectivity index (χ4n) is 2.45. The second-order valence-corrected chi connectivity index (χ2v) is 4.89. The molecule has 2 heterocycles. The van der Waals surface area contributed by atoms with Gasteiger partial charge in [-0.3, -0.25) is 0 Å². The molecule has 0 saturated carbocycles. The van der Waals surface area contributed by atoms with Crippen LogP contribution in [0.5, 0.6) is 5.75 Å². The van der Waals surface area contributed by atoms with Crippen molar-refractivity contribution in [3.05, 3.63) is 27.7 Å². The van der Waals surface area contributed by atoms with Crippen LogP contribution in [0.1, 0.15) is 17.9 Å². The zero-order valence-electron chi connectivity index (χ0n) is 8.09. The summed E-state index contributed by atoms with van der Waals surface area (Å²) < 4.78 is 5.67. The summed E-state index contributed by atoms with van der Waals surface area (Å²) in [5.41, 5.74) is 1.20. The Hall–Kier alpha value is -0.440. The van der Waals surface area contributed by atoms with E-state index in [1.54, 1.807) is 0 Å². The van der Waals surface area contributed by atoms with Gasteiger partial charge in [-0.05, 0) is 19.0 Å². The van der Waals surface area contributed by atoms with Crippen LogP contribution in [0.25, 0.3) is 0 Å². The third-order valence-corrected chi connectivity index (χ3v) is 3.94. The smallest absolute Gasteiger partial charge is 0.124 e. The summed E-state index contributed by atoms with van der Waals surface area (Å²) in [7, 11) is 0. The fourth-order valence-corrected chi connectivity index (χ4v) is 2.78. The first kappa shape index (κ1) is 9.76. The zero-order chi connectivity index (χ0) is 10.4. The highest BCUT2D eigenvalue weighted by molar-refractivity contribution is 6.42. The Bertz CT molecular complexity index is 408. The monoisotopic (exact) mass is 243 g/mol. The number of benzene rings is 1. The molecule has 2 unspecified atom stereocenters. The highest BCUT2D eigenvalue weighted by Gasteiger charge is 2.34. The Morgan fingerprint density at radius 1 is 1.27 bits per heavy atom. The van der Waals surface area contributed by atoms with Crippen molar-refractivity contribution in [3.8, 4) is 5.75 Å². The van der Waals surface area contributed by atoms with Crippen molar-refractivity contribution in [2.45, 2.75) is 18.4 Å². The molecule has 15 heavy (non-hydrogen) atoms. The van der Waals surface area contributed by atoms with Gasteiger partial charge in [0, 0.05) is 23.6 Å². The van der Waals surface area contributed by atoms with Crippen LogP contribution in [0.2, 0.25) is 10.0 Å². The molecule has 2 nitrogen and oxygen atoms in total. The molecule has 1 N–H and O–H groups in total. The van der Waals surface area contributed by atoms with E-state index in [0.29, 0.717) is 22.0 Å². The molecule has 2 atom stereocenters. The van der Waals surface area contributed by atoms with Crippen LogP contribution in [0.15, 0.2) is 12.1 Å². The topological polar surface area (TPSA) is 21.3 Å². The summed E-state index contributed by atoms with van der Waals surface area (Å²) in [6.07, 6.45) is 1.15. The van der Waals surface area contributed by atoms with Gasteiger partial charge in [-0.2, -0.15) is 0 Å². The third-order valence-electron chi connectivity index (χ3n) is 3.22. The number of rotatable bonds is 0. The molecule has 2 aliphatic rings. The standard InChI is InChI=1S/C11H11Cl2NO/c12-8-3-7-6-1-2-14-10(6)5-15-11(7)4-9(8)13/h3-4,6,10,14H,1-2,5H2. The summed E-state index contributed by atoms with van der Waals surface area (Å²) in [4.78, 5) is 0. The lowest BCUT2D eigenvalue weighted by molar-refractivity contribution is 0.239. The fraction of sp³-hybridized carbons (Fsp3) is 0.455. The molecule has 1 aromatic carbocycles. The van der Waals surface area contributed by atoms with Gasteiger partial charge in [0.1, 0.15) is 12.4 Å². The summed E-state index contributed by atoms with van der Waals surface area (Å²) >= 11 is 12.0. The van der Waals surface area contributed by atoms with Crippen LogP contribution in [-0.4, -0.2) is 19.2 Å². The van der Waals surface area contributed by atoms with Crippen molar-refractivity contribution in [2.75, 3.05) is 13.2 Å². The molecular formula is C11H11Cl2NO. The molecule has 3 rings (SSSR count). The lowest BCUT2D eigenvalue weighted by Crippen LogP contribution is -2.35. The van der Waals surface area contributed by atoms with E-state index in [4.69, 9.17) is 27.9 Å². The maximum atomic E-state index is 6.03. The van der Waals surface area contributed by atoms with Gasteiger partial charge >= 0.3 is 0 Å². The predicted octanol–water partition coefficient (Wildman–Crippen LogP) is 2.83. The first-order valence-corrected chi connectivity index (χ1v) is 5.86. The number of fused-ring (bicyclic) bond motifs is 3. The molecule has 80 valence electrons. The van der Waals surface area contributed by atoms with Gasteiger partial charge in [-0.1, -0.05) is 23.2 Å². The molecule has 0 aliphatic carbocycles. The SMILES string of the molecule is Clc1cc2c(cc1Cl)C1CCNC1CO2. The van der Waals surface area contributed by atoms with Crippen molar-refractivity contribution in [1.82, 2.24) is 5.32 Å². The van der Waals surface area contributed by atoms with E-state index in [0.717, 1.165) is 25.3 Å². The first-order valence-electron chi connectivity index (χ1n) is 5.11. The minimum Gasteiger partial charge on any atom is -0.492 e. The van der Waals surface area contributed by atoms with Crippen molar-refractivity contribution in [2.24, 2.45) is 0 Å². The lowest BCUT2D eigenvalue weighted by Gasteiger charge is -2.28. The lowest BCUT2D eigenvalue weighted by atomic mass is 9.90. The maximum Gasteiger partial charge on any atom is 0.124 e. The van der Waals surface area contributed by atoms with Gasteiger partial charge in [0.05, 0.1) is 10.0 Å². The van der Waals surface area contributed by atoms with E-state index in [1.807, 2.05) is 12.1 Å². The minimum atomic E-state index is 0.440. The van der Waals surface area contributed by atoms with E-state index in [-0.39, 0.29) is 0 Å². The first-order chi connectivity index (χ1) is 7.25. The van der Waals surface area contributed by atoms with Crippen molar-refractivity contribution < 1.29 is 4.74 Å². The van der Waals surface area contributed by atoms with Gasteiger partial charge in [0.25, 0.3) is 0 Å². The van der Waals surface area contributed by atoms with Gasteiger partial charge < -0.3 is 10.1 Å². The molecule has 0 aromatic heterocycles. The molecule has 1 fully saturated rings. The van der Waals surface area contributed by atoms with Gasteiger partial charge in [0.15, 0.2) is 0 Å². The maximum absolute atomic E-state index is 6.03. The zero-order valence-corrected chi connectivity index (χ0v) is 9.61. The van der Waals surface area contributed by atoms with E-state index in [9.17, 15) is 0 Å². The van der Waals surface area contributed by atoms with Gasteiger partial charge in [0.2, 0.25) is 0 Å². The number of ether oxygens (including phenoxy) is 1. The highest BCUT2D eigenvalue weighted by atomic mass is 35.5. The third kappa shape index (κ3) is 1.52. The average Bonchev–Trinajstić information content (AvgIpc) is 2.68. The largest absolute Gasteiger partial charge is 0.492 e. The van der Waals surface area contributed by atoms with Crippen molar-refractivity contribution in [3.63, 3.8) is 0 Å².